The minimum Gasteiger partial charge on any atom is -0.383 e. The molecule has 6 heteroatoms. The number of anilines is 1. The van der Waals surface area contributed by atoms with Gasteiger partial charge in [0.1, 0.15) is 5.82 Å². The van der Waals surface area contributed by atoms with Gasteiger partial charge in [0.2, 0.25) is 0 Å². The molecule has 98 valence electrons. The second-order valence-electron chi connectivity index (χ2n) is 4.28. The number of aromatic nitrogens is 2. The molecule has 0 aliphatic carbocycles. The number of hydrogen-bond donors (Lipinski definition) is 1. The highest BCUT2D eigenvalue weighted by Crippen LogP contribution is 2.31. The lowest BCUT2D eigenvalue weighted by Crippen LogP contribution is -2.16. The zero-order valence-electron chi connectivity index (χ0n) is 9.99. The highest BCUT2D eigenvalue weighted by atomic mass is 79.9. The molecule has 2 aromatic rings. The Balaban J connectivity index is 2.15. The van der Waals surface area contributed by atoms with Crippen LogP contribution in [0.2, 0.25) is 5.02 Å². The van der Waals surface area contributed by atoms with Crippen LogP contribution in [0.25, 0.3) is 11.4 Å². The maximum Gasteiger partial charge on any atom is 0.162 e. The summed E-state index contributed by atoms with van der Waals surface area (Å²) in [7, 11) is 0. The maximum absolute atomic E-state index is 6.02. The third-order valence-electron chi connectivity index (χ3n) is 3.02. The van der Waals surface area contributed by atoms with Crippen molar-refractivity contribution < 1.29 is 4.74 Å². The van der Waals surface area contributed by atoms with Crippen LogP contribution in [0.5, 0.6) is 0 Å². The second-order valence-corrected chi connectivity index (χ2v) is 5.58. The lowest BCUT2D eigenvalue weighted by atomic mass is 10.1. The molecule has 0 spiro atoms. The summed E-state index contributed by atoms with van der Waals surface area (Å²) in [5.41, 5.74) is 8.68. The molecule has 0 fully saturated rings. The van der Waals surface area contributed by atoms with E-state index in [1.165, 1.54) is 0 Å². The normalized spacial score (nSPS) is 14.2. The minimum atomic E-state index is 0.478. The van der Waals surface area contributed by atoms with Gasteiger partial charge in [0.05, 0.1) is 18.9 Å². The second kappa shape index (κ2) is 5.07. The van der Waals surface area contributed by atoms with Crippen LogP contribution < -0.4 is 5.73 Å². The fourth-order valence-electron chi connectivity index (χ4n) is 2.05. The standard InChI is InChI=1S/C13H11BrClN3O/c14-10-2-1-7(15)5-8(10)13-17-11-3-4-19-6-9(11)12(16)18-13/h1-2,5H,3-4,6H2,(H2,16,17,18). The fraction of sp³-hybridized carbons (Fsp3) is 0.231. The Labute approximate surface area is 124 Å². The van der Waals surface area contributed by atoms with Gasteiger partial charge in [-0.3, -0.25) is 0 Å². The van der Waals surface area contributed by atoms with Gasteiger partial charge >= 0.3 is 0 Å². The molecule has 0 saturated heterocycles. The summed E-state index contributed by atoms with van der Waals surface area (Å²) >= 11 is 9.51. The van der Waals surface area contributed by atoms with Gasteiger partial charge < -0.3 is 10.5 Å². The van der Waals surface area contributed by atoms with Crippen molar-refractivity contribution >= 4 is 33.3 Å². The molecule has 0 bridgehead atoms. The molecule has 3 rings (SSSR count). The van der Waals surface area contributed by atoms with Gasteiger partial charge in [-0.2, -0.15) is 0 Å². The van der Waals surface area contributed by atoms with Gasteiger partial charge in [-0.15, -0.1) is 0 Å². The molecule has 19 heavy (non-hydrogen) atoms. The SMILES string of the molecule is Nc1nc(-c2cc(Cl)ccc2Br)nc2c1COCC2. The van der Waals surface area contributed by atoms with E-state index in [9.17, 15) is 0 Å². The van der Waals surface area contributed by atoms with E-state index in [-0.39, 0.29) is 0 Å². The summed E-state index contributed by atoms with van der Waals surface area (Å²) in [5.74, 6) is 1.07. The zero-order chi connectivity index (χ0) is 13.4. The Morgan fingerprint density at radius 2 is 2.16 bits per heavy atom. The number of fused-ring (bicyclic) bond motifs is 1. The van der Waals surface area contributed by atoms with Crippen LogP contribution in [-0.4, -0.2) is 16.6 Å². The molecule has 2 N–H and O–H groups in total. The topological polar surface area (TPSA) is 61.0 Å². The summed E-state index contributed by atoms with van der Waals surface area (Å²) in [6, 6.07) is 5.51. The Morgan fingerprint density at radius 1 is 1.32 bits per heavy atom. The smallest absolute Gasteiger partial charge is 0.162 e. The lowest BCUT2D eigenvalue weighted by molar-refractivity contribution is 0.109. The predicted octanol–water partition coefficient (Wildman–Crippen LogP) is 3.21. The van der Waals surface area contributed by atoms with E-state index in [1.54, 1.807) is 0 Å². The molecule has 1 aliphatic rings. The van der Waals surface area contributed by atoms with E-state index < -0.39 is 0 Å². The van der Waals surface area contributed by atoms with Gasteiger partial charge in [0, 0.05) is 27.0 Å². The minimum absolute atomic E-state index is 0.478. The van der Waals surface area contributed by atoms with Crippen LogP contribution in [0.1, 0.15) is 11.3 Å². The number of nitrogen functional groups attached to an aromatic ring is 1. The van der Waals surface area contributed by atoms with Crippen LogP contribution in [0.15, 0.2) is 22.7 Å². The number of hydrogen-bond acceptors (Lipinski definition) is 4. The summed E-state index contributed by atoms with van der Waals surface area (Å²) in [6.07, 6.45) is 0.757. The van der Waals surface area contributed by atoms with E-state index in [0.717, 1.165) is 27.7 Å². The predicted molar refractivity (Wildman–Crippen MR) is 78.0 cm³/mol. The largest absolute Gasteiger partial charge is 0.383 e. The van der Waals surface area contributed by atoms with Crippen molar-refractivity contribution in [1.82, 2.24) is 9.97 Å². The van der Waals surface area contributed by atoms with Crippen molar-refractivity contribution in [3.05, 3.63) is 39.0 Å². The fourth-order valence-corrected chi connectivity index (χ4v) is 2.64. The molecule has 4 nitrogen and oxygen atoms in total. The Bertz CT molecular complexity index is 648. The van der Waals surface area contributed by atoms with Crippen molar-refractivity contribution in [3.63, 3.8) is 0 Å². The van der Waals surface area contributed by atoms with Crippen molar-refractivity contribution in [2.45, 2.75) is 13.0 Å². The van der Waals surface area contributed by atoms with Gasteiger partial charge in [0.25, 0.3) is 0 Å². The summed E-state index contributed by atoms with van der Waals surface area (Å²) in [4.78, 5) is 8.94. The number of halogens is 2. The quantitative estimate of drug-likeness (QED) is 0.866. The van der Waals surface area contributed by atoms with Crippen LogP contribution in [0, 0.1) is 0 Å². The molecule has 2 heterocycles. The van der Waals surface area contributed by atoms with E-state index in [4.69, 9.17) is 22.1 Å². The summed E-state index contributed by atoms with van der Waals surface area (Å²) in [5, 5.41) is 0.640. The number of rotatable bonds is 1. The van der Waals surface area contributed by atoms with Crippen molar-refractivity contribution in [2.24, 2.45) is 0 Å². The first-order valence-electron chi connectivity index (χ1n) is 5.83. The molecule has 0 unspecified atom stereocenters. The van der Waals surface area contributed by atoms with E-state index in [2.05, 4.69) is 25.9 Å². The molecule has 0 amide bonds. The Morgan fingerprint density at radius 3 is 3.00 bits per heavy atom. The van der Waals surface area contributed by atoms with Crippen molar-refractivity contribution in [3.8, 4) is 11.4 Å². The third kappa shape index (κ3) is 2.45. The molecule has 1 aliphatic heterocycles. The average molecular weight is 341 g/mol. The van der Waals surface area contributed by atoms with Crippen molar-refractivity contribution in [1.29, 1.82) is 0 Å². The number of ether oxygens (including phenoxy) is 1. The first-order valence-corrected chi connectivity index (χ1v) is 7.00. The first kappa shape index (κ1) is 12.8. The average Bonchev–Trinajstić information content (AvgIpc) is 2.41. The third-order valence-corrected chi connectivity index (χ3v) is 3.95. The van der Waals surface area contributed by atoms with Crippen LogP contribution in [-0.2, 0) is 17.8 Å². The van der Waals surface area contributed by atoms with Gasteiger partial charge in [-0.25, -0.2) is 9.97 Å². The summed E-state index contributed by atoms with van der Waals surface area (Å²) < 4.78 is 6.27. The van der Waals surface area contributed by atoms with Gasteiger partial charge in [0.15, 0.2) is 5.82 Å². The van der Waals surface area contributed by atoms with E-state index >= 15 is 0 Å². The molecular weight excluding hydrogens is 330 g/mol. The molecule has 1 aromatic carbocycles. The maximum atomic E-state index is 6.02. The number of benzene rings is 1. The highest BCUT2D eigenvalue weighted by Gasteiger charge is 2.18. The molecule has 0 radical (unpaired) electrons. The summed E-state index contributed by atoms with van der Waals surface area (Å²) in [6.45, 7) is 1.15. The highest BCUT2D eigenvalue weighted by molar-refractivity contribution is 9.10. The van der Waals surface area contributed by atoms with E-state index in [0.29, 0.717) is 29.9 Å². The van der Waals surface area contributed by atoms with Crippen LogP contribution in [0.4, 0.5) is 5.82 Å². The van der Waals surface area contributed by atoms with Gasteiger partial charge in [-0.05, 0) is 18.2 Å². The Kier molecular flexibility index (Phi) is 3.43. The lowest BCUT2D eigenvalue weighted by Gasteiger charge is -2.18. The monoisotopic (exact) mass is 339 g/mol. The first-order chi connectivity index (χ1) is 9.15. The zero-order valence-corrected chi connectivity index (χ0v) is 12.3. The van der Waals surface area contributed by atoms with Crippen molar-refractivity contribution in [2.75, 3.05) is 12.3 Å². The van der Waals surface area contributed by atoms with E-state index in [1.807, 2.05) is 18.2 Å². The van der Waals surface area contributed by atoms with Gasteiger partial charge in [-0.1, -0.05) is 27.5 Å². The molecule has 1 aromatic heterocycles. The molecule has 0 saturated carbocycles. The molecule has 0 atom stereocenters. The van der Waals surface area contributed by atoms with Crippen LogP contribution in [0.3, 0.4) is 0 Å². The number of nitrogens with zero attached hydrogens (tertiary/aromatic N) is 2. The molecular formula is C13H11BrClN3O. The Hall–Kier alpha value is -1.17. The van der Waals surface area contributed by atoms with Crippen LogP contribution >= 0.6 is 27.5 Å². The number of nitrogens with two attached hydrogens (primary N) is 1.